The van der Waals surface area contributed by atoms with Gasteiger partial charge in [-0.15, -0.1) is 0 Å². The molecule has 0 bridgehead atoms. The number of nitrogens with two attached hydrogens (primary N) is 1. The van der Waals surface area contributed by atoms with Crippen LogP contribution in [0.4, 0.5) is 0 Å². The maximum atomic E-state index is 5.92. The Bertz CT molecular complexity index is 373. The van der Waals surface area contributed by atoms with E-state index < -0.39 is 0 Å². The van der Waals surface area contributed by atoms with Crippen LogP contribution in [0, 0.1) is 6.92 Å². The summed E-state index contributed by atoms with van der Waals surface area (Å²) in [5.41, 5.74) is 5.93. The van der Waals surface area contributed by atoms with Crippen LogP contribution in [0.2, 0.25) is 0 Å². The summed E-state index contributed by atoms with van der Waals surface area (Å²) in [6, 6.07) is 4.16. The molecule has 2 heterocycles. The van der Waals surface area contributed by atoms with E-state index in [0.29, 0.717) is 6.54 Å². The smallest absolute Gasteiger partial charge is 0.122 e. The van der Waals surface area contributed by atoms with Crippen LogP contribution in [0.15, 0.2) is 16.5 Å². The lowest BCUT2D eigenvalue weighted by atomic mass is 9.98. The van der Waals surface area contributed by atoms with Crippen molar-refractivity contribution in [2.24, 2.45) is 5.73 Å². The van der Waals surface area contributed by atoms with Gasteiger partial charge in [-0.2, -0.15) is 0 Å². The van der Waals surface area contributed by atoms with Crippen molar-refractivity contribution in [3.8, 4) is 0 Å². The highest BCUT2D eigenvalue weighted by molar-refractivity contribution is 5.12. The molecule has 0 amide bonds. The normalized spacial score (nSPS) is 22.6. The van der Waals surface area contributed by atoms with Crippen LogP contribution in [-0.2, 0) is 4.74 Å². The van der Waals surface area contributed by atoms with Gasteiger partial charge in [0.15, 0.2) is 0 Å². The molecule has 4 heteroatoms. The molecular weight excluding hydrogens is 216 g/mol. The number of ether oxygens (including phenoxy) is 1. The Balaban J connectivity index is 2.22. The molecule has 0 radical (unpaired) electrons. The van der Waals surface area contributed by atoms with Gasteiger partial charge in [-0.3, -0.25) is 4.90 Å². The fraction of sp³-hybridized carbons (Fsp3) is 0.692. The molecule has 96 valence electrons. The average Bonchev–Trinajstić information content (AvgIpc) is 2.68. The fourth-order valence-corrected chi connectivity index (χ4v) is 2.48. The van der Waals surface area contributed by atoms with Crippen molar-refractivity contribution in [1.29, 1.82) is 0 Å². The van der Waals surface area contributed by atoms with Gasteiger partial charge in [-0.25, -0.2) is 0 Å². The number of morpholine rings is 1. The molecule has 17 heavy (non-hydrogen) atoms. The molecular formula is C13H22N2O2. The molecule has 1 fully saturated rings. The van der Waals surface area contributed by atoms with Crippen LogP contribution in [-0.4, -0.2) is 36.7 Å². The van der Waals surface area contributed by atoms with E-state index in [9.17, 15) is 0 Å². The largest absolute Gasteiger partial charge is 0.465 e. The number of aryl methyl sites for hydroxylation is 1. The van der Waals surface area contributed by atoms with E-state index in [4.69, 9.17) is 14.9 Å². The van der Waals surface area contributed by atoms with Gasteiger partial charge in [0.1, 0.15) is 11.5 Å². The first-order chi connectivity index (χ1) is 8.04. The molecule has 1 atom stereocenters. The molecule has 1 unspecified atom stereocenters. The second-order valence-corrected chi connectivity index (χ2v) is 5.26. The lowest BCUT2D eigenvalue weighted by Gasteiger charge is -2.45. The Morgan fingerprint density at radius 3 is 2.76 bits per heavy atom. The van der Waals surface area contributed by atoms with Crippen molar-refractivity contribution >= 4 is 0 Å². The third-order valence-corrected chi connectivity index (χ3v) is 3.40. The Morgan fingerprint density at radius 2 is 2.24 bits per heavy atom. The summed E-state index contributed by atoms with van der Waals surface area (Å²) in [5.74, 6) is 1.89. The van der Waals surface area contributed by atoms with Crippen LogP contribution in [0.5, 0.6) is 0 Å². The molecule has 0 saturated carbocycles. The molecule has 0 spiro atoms. The maximum Gasteiger partial charge on any atom is 0.122 e. The van der Waals surface area contributed by atoms with Crippen molar-refractivity contribution < 1.29 is 9.15 Å². The van der Waals surface area contributed by atoms with Crippen molar-refractivity contribution in [2.45, 2.75) is 32.4 Å². The Morgan fingerprint density at radius 1 is 1.47 bits per heavy atom. The van der Waals surface area contributed by atoms with Gasteiger partial charge in [0, 0.05) is 18.6 Å². The van der Waals surface area contributed by atoms with E-state index in [1.54, 1.807) is 0 Å². The van der Waals surface area contributed by atoms with Gasteiger partial charge in [0.05, 0.1) is 19.3 Å². The van der Waals surface area contributed by atoms with Crippen LogP contribution in [0.3, 0.4) is 0 Å². The van der Waals surface area contributed by atoms with Gasteiger partial charge in [-0.1, -0.05) is 0 Å². The predicted molar refractivity (Wildman–Crippen MR) is 66.8 cm³/mol. The third-order valence-electron chi connectivity index (χ3n) is 3.40. The first-order valence-electron chi connectivity index (χ1n) is 6.15. The van der Waals surface area contributed by atoms with E-state index in [1.807, 2.05) is 19.1 Å². The minimum atomic E-state index is 0.00296. The molecule has 1 aliphatic heterocycles. The Kier molecular flexibility index (Phi) is 3.56. The Hall–Kier alpha value is -0.840. The van der Waals surface area contributed by atoms with Crippen molar-refractivity contribution in [3.63, 3.8) is 0 Å². The molecule has 0 aliphatic carbocycles. The number of rotatable bonds is 3. The minimum Gasteiger partial charge on any atom is -0.465 e. The minimum absolute atomic E-state index is 0.00296. The lowest BCUT2D eigenvalue weighted by molar-refractivity contribution is -0.0747. The summed E-state index contributed by atoms with van der Waals surface area (Å²) >= 11 is 0. The molecule has 1 saturated heterocycles. The van der Waals surface area contributed by atoms with Gasteiger partial charge in [0.25, 0.3) is 0 Å². The zero-order chi connectivity index (χ0) is 12.5. The molecule has 2 N–H and O–H groups in total. The predicted octanol–water partition coefficient (Wildman–Crippen LogP) is 1.70. The third kappa shape index (κ3) is 2.54. The molecule has 1 aliphatic rings. The number of nitrogens with zero attached hydrogens (tertiary/aromatic N) is 1. The zero-order valence-corrected chi connectivity index (χ0v) is 10.9. The topological polar surface area (TPSA) is 51.6 Å². The first-order valence-corrected chi connectivity index (χ1v) is 6.15. The molecule has 0 aromatic carbocycles. The average molecular weight is 238 g/mol. The molecule has 1 aromatic heterocycles. The second kappa shape index (κ2) is 4.80. The maximum absolute atomic E-state index is 5.92. The van der Waals surface area contributed by atoms with Gasteiger partial charge < -0.3 is 14.9 Å². The quantitative estimate of drug-likeness (QED) is 0.870. The number of furan rings is 1. The highest BCUT2D eigenvalue weighted by atomic mass is 16.5. The van der Waals surface area contributed by atoms with E-state index in [0.717, 1.165) is 31.3 Å². The molecule has 1 aromatic rings. The van der Waals surface area contributed by atoms with Gasteiger partial charge in [-0.05, 0) is 32.9 Å². The number of hydrogen-bond donors (Lipinski definition) is 1. The second-order valence-electron chi connectivity index (χ2n) is 5.26. The van der Waals surface area contributed by atoms with E-state index in [2.05, 4.69) is 18.7 Å². The zero-order valence-electron chi connectivity index (χ0n) is 10.9. The standard InChI is InChI=1S/C13H22N2O2/c1-10-4-5-12(17-10)11(8-14)15-6-7-16-9-13(15,2)3/h4-5,11H,6-9,14H2,1-3H3. The summed E-state index contributed by atoms with van der Waals surface area (Å²) in [6.45, 7) is 9.30. The van der Waals surface area contributed by atoms with Crippen molar-refractivity contribution in [1.82, 2.24) is 4.90 Å². The first kappa shape index (κ1) is 12.6. The summed E-state index contributed by atoms with van der Waals surface area (Å²) < 4.78 is 11.3. The SMILES string of the molecule is Cc1ccc(C(CN)N2CCOCC2(C)C)o1. The summed E-state index contributed by atoms with van der Waals surface area (Å²) in [6.07, 6.45) is 0. The van der Waals surface area contributed by atoms with Crippen LogP contribution >= 0.6 is 0 Å². The molecule has 2 rings (SSSR count). The monoisotopic (exact) mass is 238 g/mol. The van der Waals surface area contributed by atoms with Gasteiger partial charge >= 0.3 is 0 Å². The molecule has 4 nitrogen and oxygen atoms in total. The van der Waals surface area contributed by atoms with Crippen LogP contribution in [0.1, 0.15) is 31.4 Å². The van der Waals surface area contributed by atoms with Gasteiger partial charge in [0.2, 0.25) is 0 Å². The number of hydrogen-bond acceptors (Lipinski definition) is 4. The van der Waals surface area contributed by atoms with Crippen LogP contribution in [0.25, 0.3) is 0 Å². The summed E-state index contributed by atoms with van der Waals surface area (Å²) in [7, 11) is 0. The summed E-state index contributed by atoms with van der Waals surface area (Å²) in [4.78, 5) is 2.38. The van der Waals surface area contributed by atoms with E-state index >= 15 is 0 Å². The van der Waals surface area contributed by atoms with Crippen molar-refractivity contribution in [3.05, 3.63) is 23.7 Å². The highest BCUT2D eigenvalue weighted by Gasteiger charge is 2.36. The van der Waals surface area contributed by atoms with Crippen molar-refractivity contribution in [2.75, 3.05) is 26.3 Å². The fourth-order valence-electron chi connectivity index (χ4n) is 2.48. The van der Waals surface area contributed by atoms with E-state index in [1.165, 1.54) is 0 Å². The van der Waals surface area contributed by atoms with E-state index in [-0.39, 0.29) is 11.6 Å². The Labute approximate surface area is 103 Å². The lowest BCUT2D eigenvalue weighted by Crippen LogP contribution is -2.55. The highest BCUT2D eigenvalue weighted by Crippen LogP contribution is 2.30. The summed E-state index contributed by atoms with van der Waals surface area (Å²) in [5, 5.41) is 0. The van der Waals surface area contributed by atoms with Crippen LogP contribution < -0.4 is 5.73 Å².